The van der Waals surface area contributed by atoms with E-state index in [9.17, 15) is 9.90 Å². The lowest BCUT2D eigenvalue weighted by atomic mass is 10.1. The van der Waals surface area contributed by atoms with Crippen LogP contribution in [0.2, 0.25) is 0 Å². The molecule has 0 aliphatic carbocycles. The molecule has 0 aliphatic rings. The zero-order valence-corrected chi connectivity index (χ0v) is 12.8. The van der Waals surface area contributed by atoms with E-state index in [1.165, 1.54) is 0 Å². The molecule has 2 aromatic rings. The number of carbonyl (C=O) groups excluding carboxylic acids is 1. The van der Waals surface area contributed by atoms with Crippen LogP contribution in [0.3, 0.4) is 0 Å². The molecule has 22 heavy (non-hydrogen) atoms. The molecule has 6 nitrogen and oxygen atoms in total. The molecule has 0 fully saturated rings. The Labute approximate surface area is 129 Å². The van der Waals surface area contributed by atoms with E-state index >= 15 is 0 Å². The minimum Gasteiger partial charge on any atom is -0.455 e. The summed E-state index contributed by atoms with van der Waals surface area (Å²) in [5.41, 5.74) is 1.98. The fraction of sp³-hybridized carbons (Fsp3) is 0.438. The Morgan fingerprint density at radius 2 is 2.09 bits per heavy atom. The predicted molar refractivity (Wildman–Crippen MR) is 79.8 cm³/mol. The Bertz CT molecular complexity index is 607. The van der Waals surface area contributed by atoms with Gasteiger partial charge in [-0.25, -0.2) is 0 Å². The van der Waals surface area contributed by atoms with Crippen LogP contribution >= 0.6 is 0 Å². The van der Waals surface area contributed by atoms with E-state index in [1.54, 1.807) is 0 Å². The van der Waals surface area contributed by atoms with Gasteiger partial charge in [-0.3, -0.25) is 4.79 Å². The third kappa shape index (κ3) is 4.66. The molecule has 1 N–H and O–H groups in total. The number of hydrogen-bond acceptors (Lipinski definition) is 6. The highest BCUT2D eigenvalue weighted by Gasteiger charge is 2.14. The minimum absolute atomic E-state index is 0.0210. The lowest BCUT2D eigenvalue weighted by molar-refractivity contribution is -0.148. The highest BCUT2D eigenvalue weighted by molar-refractivity contribution is 5.69. The molecule has 2 rings (SSSR count). The smallest absolute Gasteiger partial charge is 0.308 e. The molecular weight excluding hydrogens is 284 g/mol. The molecule has 1 aromatic heterocycles. The zero-order chi connectivity index (χ0) is 15.9. The number of aliphatic hydroxyl groups excluding tert-OH is 1. The summed E-state index contributed by atoms with van der Waals surface area (Å²) in [5, 5.41) is 13.4. The van der Waals surface area contributed by atoms with Gasteiger partial charge in [-0.15, -0.1) is 0 Å². The first-order chi connectivity index (χ1) is 10.6. The summed E-state index contributed by atoms with van der Waals surface area (Å²) in [4.78, 5) is 15.7. The van der Waals surface area contributed by atoms with Crippen LogP contribution in [0.5, 0.6) is 0 Å². The van der Waals surface area contributed by atoms with Crippen molar-refractivity contribution in [3.63, 3.8) is 0 Å². The topological polar surface area (TPSA) is 85.5 Å². The molecule has 1 aromatic carbocycles. The van der Waals surface area contributed by atoms with Crippen LogP contribution < -0.4 is 0 Å². The largest absolute Gasteiger partial charge is 0.455 e. The van der Waals surface area contributed by atoms with Crippen LogP contribution in [0.15, 0.2) is 28.8 Å². The summed E-state index contributed by atoms with van der Waals surface area (Å²) in [6, 6.07) is 7.72. The number of aryl methyl sites for hydroxylation is 1. The van der Waals surface area contributed by atoms with E-state index < -0.39 is 12.1 Å². The first-order valence-electron chi connectivity index (χ1n) is 7.31. The standard InChI is InChI=1S/C16H20N2O4/c1-3-4-13(19)9-15(20)21-10-14-17-16(18-22-14)12-7-5-11(2)6-8-12/h5-8,13,19H,3-4,9-10H2,1-2H3/t13-/m1/s1. The minimum atomic E-state index is -0.664. The summed E-state index contributed by atoms with van der Waals surface area (Å²) in [6.45, 7) is 3.86. The van der Waals surface area contributed by atoms with Crippen LogP contribution in [-0.2, 0) is 16.1 Å². The van der Waals surface area contributed by atoms with Crippen LogP contribution in [-0.4, -0.2) is 27.3 Å². The SMILES string of the molecule is CCC[C@@H](O)CC(=O)OCc1nc(-c2ccc(C)cc2)no1. The number of carbonyl (C=O) groups is 1. The number of aliphatic hydroxyl groups is 1. The van der Waals surface area contributed by atoms with Crippen LogP contribution in [0.4, 0.5) is 0 Å². The fourth-order valence-electron chi connectivity index (χ4n) is 1.96. The number of rotatable bonds is 7. The van der Waals surface area contributed by atoms with Gasteiger partial charge in [0.2, 0.25) is 5.82 Å². The van der Waals surface area contributed by atoms with Gasteiger partial charge in [0.05, 0.1) is 12.5 Å². The van der Waals surface area contributed by atoms with E-state index in [1.807, 2.05) is 38.1 Å². The second kappa shape index (κ2) is 7.70. The lowest BCUT2D eigenvalue weighted by Crippen LogP contribution is -2.15. The molecule has 1 heterocycles. The van der Waals surface area contributed by atoms with Gasteiger partial charge in [0.15, 0.2) is 6.61 Å². The number of aromatic nitrogens is 2. The quantitative estimate of drug-likeness (QED) is 0.791. The third-order valence-electron chi connectivity index (χ3n) is 3.16. The van der Waals surface area contributed by atoms with E-state index in [0.29, 0.717) is 12.2 Å². The van der Waals surface area contributed by atoms with Crippen LogP contribution in [0.25, 0.3) is 11.4 Å². The van der Waals surface area contributed by atoms with Gasteiger partial charge in [0.1, 0.15) is 0 Å². The van der Waals surface area contributed by atoms with E-state index in [-0.39, 0.29) is 18.9 Å². The lowest BCUT2D eigenvalue weighted by Gasteiger charge is -2.07. The van der Waals surface area contributed by atoms with Gasteiger partial charge in [0.25, 0.3) is 5.89 Å². The molecule has 0 bridgehead atoms. The highest BCUT2D eigenvalue weighted by Crippen LogP contribution is 2.16. The molecule has 1 atom stereocenters. The van der Waals surface area contributed by atoms with Crippen molar-refractivity contribution in [1.29, 1.82) is 0 Å². The second-order valence-electron chi connectivity index (χ2n) is 5.19. The van der Waals surface area contributed by atoms with Gasteiger partial charge in [0, 0.05) is 5.56 Å². The van der Waals surface area contributed by atoms with Gasteiger partial charge in [-0.2, -0.15) is 4.98 Å². The summed E-state index contributed by atoms with van der Waals surface area (Å²) in [5.74, 6) is 0.210. The number of hydrogen-bond donors (Lipinski definition) is 1. The normalized spacial score (nSPS) is 12.1. The van der Waals surface area contributed by atoms with Crippen molar-refractivity contribution >= 4 is 5.97 Å². The maximum atomic E-state index is 11.5. The Balaban J connectivity index is 1.87. The predicted octanol–water partition coefficient (Wildman–Crippen LogP) is 2.64. The third-order valence-corrected chi connectivity index (χ3v) is 3.16. The Kier molecular flexibility index (Phi) is 5.66. The molecule has 118 valence electrons. The van der Waals surface area contributed by atoms with Crippen molar-refractivity contribution in [3.8, 4) is 11.4 Å². The molecule has 0 radical (unpaired) electrons. The Morgan fingerprint density at radius 3 is 2.77 bits per heavy atom. The second-order valence-corrected chi connectivity index (χ2v) is 5.19. The van der Waals surface area contributed by atoms with Crippen molar-refractivity contribution < 1.29 is 19.2 Å². The molecule has 0 saturated heterocycles. The number of ether oxygens (including phenoxy) is 1. The molecule has 0 amide bonds. The summed E-state index contributed by atoms with van der Waals surface area (Å²) < 4.78 is 10.1. The maximum absolute atomic E-state index is 11.5. The van der Waals surface area contributed by atoms with Gasteiger partial charge >= 0.3 is 5.97 Å². The first-order valence-corrected chi connectivity index (χ1v) is 7.31. The molecule has 0 aliphatic heterocycles. The van der Waals surface area contributed by atoms with Crippen molar-refractivity contribution in [3.05, 3.63) is 35.7 Å². The number of esters is 1. The van der Waals surface area contributed by atoms with Crippen LogP contribution in [0.1, 0.15) is 37.6 Å². The van der Waals surface area contributed by atoms with E-state index in [2.05, 4.69) is 10.1 Å². The summed E-state index contributed by atoms with van der Waals surface area (Å²) in [6.07, 6.45) is 0.709. The van der Waals surface area contributed by atoms with Crippen molar-refractivity contribution in [2.75, 3.05) is 0 Å². The Hall–Kier alpha value is -2.21. The van der Waals surface area contributed by atoms with Crippen molar-refractivity contribution in [2.45, 2.75) is 45.8 Å². The average Bonchev–Trinajstić information content (AvgIpc) is 2.95. The monoisotopic (exact) mass is 304 g/mol. The zero-order valence-electron chi connectivity index (χ0n) is 12.8. The summed E-state index contributed by atoms with van der Waals surface area (Å²) >= 11 is 0. The van der Waals surface area contributed by atoms with Gasteiger partial charge in [-0.1, -0.05) is 48.3 Å². The number of benzene rings is 1. The van der Waals surface area contributed by atoms with Crippen molar-refractivity contribution in [1.82, 2.24) is 10.1 Å². The first kappa shape index (κ1) is 16.2. The maximum Gasteiger partial charge on any atom is 0.308 e. The van der Waals surface area contributed by atoms with Gasteiger partial charge < -0.3 is 14.4 Å². The molecular formula is C16H20N2O4. The molecule has 0 saturated carbocycles. The van der Waals surface area contributed by atoms with E-state index in [4.69, 9.17) is 9.26 Å². The summed E-state index contributed by atoms with van der Waals surface area (Å²) in [7, 11) is 0. The molecule has 0 unspecified atom stereocenters. The van der Waals surface area contributed by atoms with Crippen LogP contribution in [0, 0.1) is 6.92 Å². The highest BCUT2D eigenvalue weighted by atomic mass is 16.6. The average molecular weight is 304 g/mol. The van der Waals surface area contributed by atoms with Crippen molar-refractivity contribution in [2.24, 2.45) is 0 Å². The number of nitrogens with zero attached hydrogens (tertiary/aromatic N) is 2. The molecule has 6 heteroatoms. The Morgan fingerprint density at radius 1 is 1.36 bits per heavy atom. The molecule has 0 spiro atoms. The van der Waals surface area contributed by atoms with Gasteiger partial charge in [-0.05, 0) is 13.3 Å². The fourth-order valence-corrected chi connectivity index (χ4v) is 1.96. The van der Waals surface area contributed by atoms with E-state index in [0.717, 1.165) is 17.5 Å².